The molecule has 6 rings (SSSR count). The molecule has 0 unspecified atom stereocenters. The number of pyridine rings is 1. The average Bonchev–Trinajstić information content (AvgIpc) is 3.63. The number of phenols is 1. The second-order valence-electron chi connectivity index (χ2n) is 12.1. The molecule has 1 aliphatic rings. The summed E-state index contributed by atoms with van der Waals surface area (Å²) in [6.45, 7) is 8.56. The minimum absolute atomic E-state index is 0.129. The largest absolute Gasteiger partial charge is 0.507 e. The molecule has 3 aromatic heterocycles. The molecule has 1 amide bonds. The molecular formula is C33H36N8O4. The number of amides is 1. The van der Waals surface area contributed by atoms with E-state index in [-0.39, 0.29) is 17.9 Å². The van der Waals surface area contributed by atoms with Crippen LogP contribution in [0.1, 0.15) is 40.1 Å². The maximum atomic E-state index is 13.5. The van der Waals surface area contributed by atoms with Crippen molar-refractivity contribution in [3.63, 3.8) is 0 Å². The van der Waals surface area contributed by atoms with E-state index in [1.807, 2.05) is 10.6 Å². The quantitative estimate of drug-likeness (QED) is 0.214. The number of aromatic nitrogens is 5. The molecule has 1 saturated heterocycles. The van der Waals surface area contributed by atoms with Crippen molar-refractivity contribution in [3.8, 4) is 22.8 Å². The van der Waals surface area contributed by atoms with E-state index in [0.29, 0.717) is 34.9 Å². The van der Waals surface area contributed by atoms with E-state index < -0.39 is 11.5 Å². The molecule has 0 spiro atoms. The molecule has 0 bridgehead atoms. The smallest absolute Gasteiger partial charge is 0.258 e. The van der Waals surface area contributed by atoms with Crippen LogP contribution in [-0.4, -0.2) is 95.3 Å². The lowest BCUT2D eigenvalue weighted by Gasteiger charge is -2.32. The van der Waals surface area contributed by atoms with Crippen molar-refractivity contribution in [1.29, 1.82) is 0 Å². The zero-order valence-electron chi connectivity index (χ0n) is 25.5. The van der Waals surface area contributed by atoms with Gasteiger partial charge in [-0.25, -0.2) is 14.6 Å². The van der Waals surface area contributed by atoms with E-state index in [4.69, 9.17) is 4.98 Å². The molecule has 2 aromatic carbocycles. The molecule has 3 N–H and O–H groups in total. The number of benzene rings is 2. The fourth-order valence-corrected chi connectivity index (χ4v) is 5.53. The van der Waals surface area contributed by atoms with E-state index >= 15 is 0 Å². The van der Waals surface area contributed by atoms with Gasteiger partial charge in [0.2, 0.25) is 5.95 Å². The summed E-state index contributed by atoms with van der Waals surface area (Å²) < 4.78 is 3.35. The molecule has 1 fully saturated rings. The van der Waals surface area contributed by atoms with Crippen molar-refractivity contribution in [2.45, 2.75) is 32.5 Å². The van der Waals surface area contributed by atoms with E-state index in [9.17, 15) is 19.8 Å². The number of piperazine rings is 1. The Hall–Kier alpha value is -4.91. The van der Waals surface area contributed by atoms with E-state index in [0.717, 1.165) is 49.3 Å². The van der Waals surface area contributed by atoms with Crippen LogP contribution >= 0.6 is 0 Å². The first-order valence-corrected chi connectivity index (χ1v) is 14.8. The number of carbonyl (C=O) groups is 2. The van der Waals surface area contributed by atoms with E-state index in [1.54, 1.807) is 50.4 Å². The van der Waals surface area contributed by atoms with Crippen molar-refractivity contribution >= 4 is 29.2 Å². The molecule has 45 heavy (non-hydrogen) atoms. The lowest BCUT2D eigenvalue weighted by molar-refractivity contribution is 0.0630. The number of aromatic hydroxyl groups is 1. The summed E-state index contributed by atoms with van der Waals surface area (Å²) in [5.74, 6) is 0.196. The van der Waals surface area contributed by atoms with Gasteiger partial charge >= 0.3 is 0 Å². The molecule has 0 radical (unpaired) electrons. The molecule has 0 atom stereocenters. The van der Waals surface area contributed by atoms with Gasteiger partial charge in [-0.15, -0.1) is 0 Å². The second kappa shape index (κ2) is 12.2. The molecule has 232 valence electrons. The number of aliphatic hydroxyl groups is 1. The van der Waals surface area contributed by atoms with E-state index in [2.05, 4.69) is 44.4 Å². The SMILES string of the molecule is CN1CCN(Cc2ccc3nc(NC(=O)c4ccnc(-n5ccc(-c6cccc(O)c6C=O)n5)c4)n(CC(C)(C)O)c3c2)CC1. The number of nitrogens with zero attached hydrogens (tertiary/aromatic N) is 7. The fourth-order valence-electron chi connectivity index (χ4n) is 5.53. The number of anilines is 1. The highest BCUT2D eigenvalue weighted by Crippen LogP contribution is 2.28. The summed E-state index contributed by atoms with van der Waals surface area (Å²) >= 11 is 0. The van der Waals surface area contributed by atoms with Crippen LogP contribution < -0.4 is 5.32 Å². The lowest BCUT2D eigenvalue weighted by Crippen LogP contribution is -2.43. The third-order valence-electron chi connectivity index (χ3n) is 7.89. The van der Waals surface area contributed by atoms with Gasteiger partial charge in [0.05, 0.1) is 34.4 Å². The van der Waals surface area contributed by atoms with Crippen LogP contribution in [0.4, 0.5) is 5.95 Å². The highest BCUT2D eigenvalue weighted by molar-refractivity contribution is 6.04. The number of hydrogen-bond acceptors (Lipinski definition) is 9. The summed E-state index contributed by atoms with van der Waals surface area (Å²) in [4.78, 5) is 38.9. The third kappa shape index (κ3) is 6.63. The van der Waals surface area contributed by atoms with Crippen LogP contribution in [0.5, 0.6) is 5.75 Å². The molecule has 4 heterocycles. The molecular weight excluding hydrogens is 572 g/mol. The van der Waals surface area contributed by atoms with Crippen LogP contribution in [0.2, 0.25) is 0 Å². The third-order valence-corrected chi connectivity index (χ3v) is 7.89. The van der Waals surface area contributed by atoms with Crippen LogP contribution in [0.15, 0.2) is 67.0 Å². The number of phenolic OH excluding ortho intramolecular Hbond substituents is 1. The normalized spacial score (nSPS) is 14.6. The Morgan fingerprint density at radius 3 is 2.62 bits per heavy atom. The number of hydrogen-bond donors (Lipinski definition) is 3. The summed E-state index contributed by atoms with van der Waals surface area (Å²) in [6, 6.07) is 15.8. The fraction of sp³-hybridized carbons (Fsp3) is 0.303. The van der Waals surface area contributed by atoms with Crippen LogP contribution in [0.3, 0.4) is 0 Å². The predicted molar refractivity (Wildman–Crippen MR) is 171 cm³/mol. The van der Waals surface area contributed by atoms with E-state index in [1.165, 1.54) is 16.9 Å². The first-order chi connectivity index (χ1) is 21.6. The van der Waals surface area contributed by atoms with Crippen molar-refractivity contribution in [2.24, 2.45) is 0 Å². The summed E-state index contributed by atoms with van der Waals surface area (Å²) in [7, 11) is 2.14. The van der Waals surface area contributed by atoms with Crippen molar-refractivity contribution < 1.29 is 19.8 Å². The summed E-state index contributed by atoms with van der Waals surface area (Å²) in [5.41, 5.74) is 3.07. The van der Waals surface area contributed by atoms with Crippen LogP contribution in [-0.2, 0) is 13.1 Å². The summed E-state index contributed by atoms with van der Waals surface area (Å²) in [5, 5.41) is 28.3. The van der Waals surface area contributed by atoms with Gasteiger partial charge in [0, 0.05) is 56.2 Å². The lowest BCUT2D eigenvalue weighted by atomic mass is 10.0. The van der Waals surface area contributed by atoms with Crippen LogP contribution in [0, 0.1) is 0 Å². The zero-order chi connectivity index (χ0) is 31.7. The zero-order valence-corrected chi connectivity index (χ0v) is 25.5. The van der Waals surface area contributed by atoms with Gasteiger partial charge in [-0.1, -0.05) is 18.2 Å². The van der Waals surface area contributed by atoms with Gasteiger partial charge < -0.3 is 19.7 Å². The van der Waals surface area contributed by atoms with Crippen molar-refractivity contribution in [3.05, 3.63) is 83.7 Å². The Morgan fingerprint density at radius 1 is 1.07 bits per heavy atom. The Kier molecular flexibility index (Phi) is 8.19. The maximum absolute atomic E-state index is 13.5. The van der Waals surface area contributed by atoms with Gasteiger partial charge in [-0.2, -0.15) is 5.10 Å². The highest BCUT2D eigenvalue weighted by Gasteiger charge is 2.22. The molecule has 12 nitrogen and oxygen atoms in total. The average molecular weight is 609 g/mol. The monoisotopic (exact) mass is 608 g/mol. The number of fused-ring (bicyclic) bond motifs is 1. The molecule has 12 heteroatoms. The van der Waals surface area contributed by atoms with Gasteiger partial charge in [0.1, 0.15) is 5.75 Å². The van der Waals surface area contributed by atoms with Gasteiger partial charge in [-0.05, 0) is 62.9 Å². The number of aldehydes is 1. The molecule has 0 aliphatic carbocycles. The minimum atomic E-state index is -1.05. The number of imidazole rings is 1. The number of rotatable bonds is 9. The number of carbonyl (C=O) groups excluding carboxylic acids is 2. The summed E-state index contributed by atoms with van der Waals surface area (Å²) in [6.07, 6.45) is 3.77. The molecule has 0 saturated carbocycles. The maximum Gasteiger partial charge on any atom is 0.258 e. The predicted octanol–water partition coefficient (Wildman–Crippen LogP) is 3.57. The number of nitrogens with one attached hydrogen (secondary N) is 1. The van der Waals surface area contributed by atoms with Crippen molar-refractivity contribution in [2.75, 3.05) is 38.5 Å². The van der Waals surface area contributed by atoms with Gasteiger partial charge in [0.25, 0.3) is 5.91 Å². The minimum Gasteiger partial charge on any atom is -0.507 e. The first kappa shape index (κ1) is 30.1. The molecule has 5 aromatic rings. The topological polar surface area (TPSA) is 142 Å². The van der Waals surface area contributed by atoms with Crippen LogP contribution in [0.25, 0.3) is 28.1 Å². The Bertz CT molecular complexity index is 1860. The Labute approximate surface area is 260 Å². The first-order valence-electron chi connectivity index (χ1n) is 14.8. The highest BCUT2D eigenvalue weighted by atomic mass is 16.3. The van der Waals surface area contributed by atoms with Crippen molar-refractivity contribution in [1.82, 2.24) is 34.1 Å². The van der Waals surface area contributed by atoms with Gasteiger partial charge in [0.15, 0.2) is 12.1 Å². The standard InChI is InChI=1S/C33H36N8O4/c1-33(2,45)21-40-28-17-22(19-39-15-13-38(3)14-16-39)7-8-27(28)35-32(40)36-31(44)23-9-11-34-30(18-23)41-12-10-26(37-41)24-5-4-6-29(43)25(24)20-42/h4-12,17-18,20,43,45H,13-16,19,21H2,1-3H3,(H,35,36,44). The molecule has 1 aliphatic heterocycles. The van der Waals surface area contributed by atoms with Gasteiger partial charge in [-0.3, -0.25) is 19.8 Å². The Morgan fingerprint density at radius 2 is 1.87 bits per heavy atom. The Balaban J connectivity index is 1.26. The second-order valence-corrected chi connectivity index (χ2v) is 12.1. The number of likely N-dealkylation sites (N-methyl/N-ethyl adjacent to an activating group) is 1.